The largest absolute Gasteiger partial charge is 0.354 e. The van der Waals surface area contributed by atoms with E-state index >= 15 is 0 Å². The summed E-state index contributed by atoms with van der Waals surface area (Å²) in [6.45, 7) is 8.74. The van der Waals surface area contributed by atoms with Gasteiger partial charge >= 0.3 is 0 Å². The van der Waals surface area contributed by atoms with E-state index < -0.39 is 6.04 Å². The zero-order valence-electron chi connectivity index (χ0n) is 17.8. The summed E-state index contributed by atoms with van der Waals surface area (Å²) in [4.78, 5) is 25.1. The number of benzene rings is 1. The summed E-state index contributed by atoms with van der Waals surface area (Å²) < 4.78 is 0. The van der Waals surface area contributed by atoms with Crippen molar-refractivity contribution in [3.8, 4) is 0 Å². The Bertz CT molecular complexity index is 630. The third-order valence-electron chi connectivity index (χ3n) is 5.97. The monoisotopic (exact) mass is 387 g/mol. The van der Waals surface area contributed by atoms with Crippen LogP contribution in [0.3, 0.4) is 0 Å². The van der Waals surface area contributed by atoms with Gasteiger partial charge in [-0.15, -0.1) is 0 Å². The van der Waals surface area contributed by atoms with Crippen LogP contribution in [0, 0.1) is 23.7 Å². The van der Waals surface area contributed by atoms with E-state index in [1.54, 1.807) is 6.92 Å². The maximum Gasteiger partial charge on any atom is 0.236 e. The number of nitrogens with two attached hydrogens (primary N) is 1. The number of carbonyl (C=O) groups is 2. The molecule has 1 fully saturated rings. The molecule has 2 rings (SSSR count). The molecule has 0 saturated heterocycles. The molecule has 4 N–H and O–H groups in total. The van der Waals surface area contributed by atoms with Gasteiger partial charge in [0.25, 0.3) is 0 Å². The first kappa shape index (κ1) is 22.4. The van der Waals surface area contributed by atoms with Gasteiger partial charge in [-0.05, 0) is 49.5 Å². The van der Waals surface area contributed by atoms with Crippen molar-refractivity contribution in [3.05, 3.63) is 35.9 Å². The highest BCUT2D eigenvalue weighted by Crippen LogP contribution is 2.38. The van der Waals surface area contributed by atoms with Crippen LogP contribution in [0.1, 0.15) is 52.5 Å². The van der Waals surface area contributed by atoms with Gasteiger partial charge in [-0.3, -0.25) is 9.59 Å². The Morgan fingerprint density at radius 2 is 1.82 bits per heavy atom. The smallest absolute Gasteiger partial charge is 0.236 e. The molecule has 0 aliphatic heterocycles. The molecule has 5 nitrogen and oxygen atoms in total. The van der Waals surface area contributed by atoms with Crippen LogP contribution < -0.4 is 16.4 Å². The first-order chi connectivity index (χ1) is 13.3. The Morgan fingerprint density at radius 1 is 1.14 bits per heavy atom. The molecule has 0 heterocycles. The molecule has 5 atom stereocenters. The molecule has 1 aromatic rings. The fourth-order valence-electron chi connectivity index (χ4n) is 4.26. The molecule has 28 heavy (non-hydrogen) atoms. The van der Waals surface area contributed by atoms with Gasteiger partial charge in [0, 0.05) is 12.5 Å². The predicted molar refractivity (Wildman–Crippen MR) is 114 cm³/mol. The van der Waals surface area contributed by atoms with Crippen LogP contribution in [0.15, 0.2) is 30.3 Å². The first-order valence-corrected chi connectivity index (χ1v) is 10.7. The summed E-state index contributed by atoms with van der Waals surface area (Å²) in [7, 11) is 0. The van der Waals surface area contributed by atoms with Gasteiger partial charge in [-0.1, -0.05) is 57.5 Å². The van der Waals surface area contributed by atoms with E-state index in [0.717, 1.165) is 18.4 Å². The van der Waals surface area contributed by atoms with Gasteiger partial charge in [0.1, 0.15) is 0 Å². The number of hydrogen-bond donors (Lipinski definition) is 3. The average Bonchev–Trinajstić information content (AvgIpc) is 2.66. The molecule has 0 unspecified atom stereocenters. The van der Waals surface area contributed by atoms with Crippen LogP contribution in [0.25, 0.3) is 0 Å². The average molecular weight is 388 g/mol. The summed E-state index contributed by atoms with van der Waals surface area (Å²) in [5, 5.41) is 6.12. The van der Waals surface area contributed by atoms with Gasteiger partial charge in [-0.2, -0.15) is 0 Å². The summed E-state index contributed by atoms with van der Waals surface area (Å²) >= 11 is 0. The zero-order valence-corrected chi connectivity index (χ0v) is 17.8. The van der Waals surface area contributed by atoms with Crippen LogP contribution in [0.5, 0.6) is 0 Å². The molecule has 1 saturated carbocycles. The summed E-state index contributed by atoms with van der Waals surface area (Å²) in [5.74, 6) is 1.51. The summed E-state index contributed by atoms with van der Waals surface area (Å²) in [6.07, 6.45) is 3.93. The maximum atomic E-state index is 13.0. The molecule has 0 radical (unpaired) electrons. The van der Waals surface area contributed by atoms with E-state index in [4.69, 9.17) is 5.73 Å². The van der Waals surface area contributed by atoms with Crippen molar-refractivity contribution in [2.24, 2.45) is 29.4 Å². The lowest BCUT2D eigenvalue weighted by Gasteiger charge is -2.36. The van der Waals surface area contributed by atoms with Gasteiger partial charge in [-0.25, -0.2) is 0 Å². The standard InChI is InChI=1S/C23H37N3O2/c1-15(2)20-11-10-16(3)12-21(20)23(28)25-14-19(26-22(27)17(4)24)13-18-8-6-5-7-9-18/h5-9,15-17,19-21H,10-14,24H2,1-4H3,(H,25,28)(H,26,27)/t16-,17+,19+,20+,21-/m1/s1. The minimum atomic E-state index is -0.571. The zero-order chi connectivity index (χ0) is 20.7. The van der Waals surface area contributed by atoms with Gasteiger partial charge in [0.05, 0.1) is 12.1 Å². The van der Waals surface area contributed by atoms with E-state index in [9.17, 15) is 9.59 Å². The van der Waals surface area contributed by atoms with Crippen molar-refractivity contribution in [1.82, 2.24) is 10.6 Å². The molecule has 0 spiro atoms. The number of hydrogen-bond acceptors (Lipinski definition) is 3. The highest BCUT2D eigenvalue weighted by atomic mass is 16.2. The van der Waals surface area contributed by atoms with Crippen LogP contribution in [-0.4, -0.2) is 30.4 Å². The summed E-state index contributed by atoms with van der Waals surface area (Å²) in [6, 6.07) is 9.25. The Morgan fingerprint density at radius 3 is 2.43 bits per heavy atom. The molecule has 156 valence electrons. The number of nitrogens with one attached hydrogen (secondary N) is 2. The molecule has 1 aromatic carbocycles. The van der Waals surface area contributed by atoms with E-state index in [0.29, 0.717) is 30.7 Å². The third kappa shape index (κ3) is 6.62. The summed E-state index contributed by atoms with van der Waals surface area (Å²) in [5.41, 5.74) is 6.84. The highest BCUT2D eigenvalue weighted by Gasteiger charge is 2.35. The molecule has 1 aliphatic carbocycles. The van der Waals surface area contributed by atoms with Crippen LogP contribution in [0.2, 0.25) is 0 Å². The molecule has 5 heteroatoms. The van der Waals surface area contributed by atoms with E-state index in [1.807, 2.05) is 30.3 Å². The van der Waals surface area contributed by atoms with Gasteiger partial charge < -0.3 is 16.4 Å². The molecule has 2 amide bonds. The van der Waals surface area contributed by atoms with Crippen molar-refractivity contribution in [1.29, 1.82) is 0 Å². The molecular weight excluding hydrogens is 350 g/mol. The Hall–Kier alpha value is -1.88. The Balaban J connectivity index is 2.01. The van der Waals surface area contributed by atoms with Gasteiger partial charge in [0.2, 0.25) is 11.8 Å². The predicted octanol–water partition coefficient (Wildman–Crippen LogP) is 2.89. The highest BCUT2D eigenvalue weighted by molar-refractivity contribution is 5.82. The topological polar surface area (TPSA) is 84.2 Å². The number of carbonyl (C=O) groups excluding carboxylic acids is 2. The molecular formula is C23H37N3O2. The van der Waals surface area contributed by atoms with Crippen LogP contribution in [-0.2, 0) is 16.0 Å². The Labute approximate surface area is 169 Å². The van der Waals surface area contributed by atoms with Crippen molar-refractivity contribution >= 4 is 11.8 Å². The molecule has 1 aliphatic rings. The van der Waals surface area contributed by atoms with Crippen molar-refractivity contribution < 1.29 is 9.59 Å². The van der Waals surface area contributed by atoms with Crippen LogP contribution in [0.4, 0.5) is 0 Å². The van der Waals surface area contributed by atoms with Crippen molar-refractivity contribution in [2.45, 2.75) is 65.5 Å². The van der Waals surface area contributed by atoms with E-state index in [1.165, 1.54) is 6.42 Å². The van der Waals surface area contributed by atoms with Gasteiger partial charge in [0.15, 0.2) is 0 Å². The second kappa shape index (κ2) is 10.6. The van der Waals surface area contributed by atoms with Crippen LogP contribution >= 0.6 is 0 Å². The lowest BCUT2D eigenvalue weighted by atomic mass is 9.70. The van der Waals surface area contributed by atoms with E-state index in [2.05, 4.69) is 31.4 Å². The van der Waals surface area contributed by atoms with E-state index in [-0.39, 0.29) is 23.8 Å². The third-order valence-corrected chi connectivity index (χ3v) is 5.97. The minimum Gasteiger partial charge on any atom is -0.354 e. The second-order valence-electron chi connectivity index (χ2n) is 8.86. The fraction of sp³-hybridized carbons (Fsp3) is 0.652. The fourth-order valence-corrected chi connectivity index (χ4v) is 4.26. The first-order valence-electron chi connectivity index (χ1n) is 10.7. The number of rotatable bonds is 8. The second-order valence-corrected chi connectivity index (χ2v) is 8.86. The SMILES string of the molecule is CC(C)[C@@H]1CC[C@@H](C)C[C@H]1C(=O)NC[C@H](Cc1ccccc1)NC(=O)[C@H](C)N. The quantitative estimate of drug-likeness (QED) is 0.641. The van der Waals surface area contributed by atoms with Crippen molar-refractivity contribution in [2.75, 3.05) is 6.54 Å². The molecule has 0 aromatic heterocycles. The molecule has 0 bridgehead atoms. The minimum absolute atomic E-state index is 0.0604. The van der Waals surface area contributed by atoms with Crippen molar-refractivity contribution in [3.63, 3.8) is 0 Å². The maximum absolute atomic E-state index is 13.0. The lowest BCUT2D eigenvalue weighted by Crippen LogP contribution is -2.51. The lowest BCUT2D eigenvalue weighted by molar-refractivity contribution is -0.130. The normalized spacial score (nSPS) is 24.4. The number of amides is 2. The Kier molecular flexibility index (Phi) is 8.49.